The SMILES string of the molecule is COc1ccc(-c2cc(C)ncc2C(=O)O)c(OC)c1. The lowest BCUT2D eigenvalue weighted by atomic mass is 9.99. The van der Waals surface area contributed by atoms with Crippen LogP contribution in [0.25, 0.3) is 11.1 Å². The highest BCUT2D eigenvalue weighted by atomic mass is 16.5. The molecule has 0 aliphatic heterocycles. The highest BCUT2D eigenvalue weighted by molar-refractivity contribution is 5.96. The second-order valence-corrected chi connectivity index (χ2v) is 4.24. The van der Waals surface area contributed by atoms with Gasteiger partial charge in [-0.05, 0) is 25.1 Å². The first-order valence-corrected chi connectivity index (χ1v) is 5.99. The van der Waals surface area contributed by atoms with Crippen LogP contribution in [0.2, 0.25) is 0 Å². The maximum absolute atomic E-state index is 11.3. The summed E-state index contributed by atoms with van der Waals surface area (Å²) in [5.74, 6) is 0.177. The molecular formula is C15H15NO4. The van der Waals surface area contributed by atoms with E-state index in [2.05, 4.69) is 4.98 Å². The third kappa shape index (κ3) is 2.56. The van der Waals surface area contributed by atoms with Crippen LogP contribution in [0.3, 0.4) is 0 Å². The largest absolute Gasteiger partial charge is 0.497 e. The van der Waals surface area contributed by atoms with Gasteiger partial charge in [-0.15, -0.1) is 0 Å². The van der Waals surface area contributed by atoms with Crippen molar-refractivity contribution in [2.24, 2.45) is 0 Å². The van der Waals surface area contributed by atoms with Gasteiger partial charge in [-0.1, -0.05) is 0 Å². The van der Waals surface area contributed by atoms with Crippen LogP contribution in [0, 0.1) is 6.92 Å². The number of carboxylic acids is 1. The van der Waals surface area contributed by atoms with Crippen LogP contribution in [0.5, 0.6) is 11.5 Å². The van der Waals surface area contributed by atoms with Crippen LogP contribution >= 0.6 is 0 Å². The summed E-state index contributed by atoms with van der Waals surface area (Å²) in [7, 11) is 3.10. The Kier molecular flexibility index (Phi) is 3.89. The Morgan fingerprint density at radius 2 is 1.90 bits per heavy atom. The zero-order valence-electron chi connectivity index (χ0n) is 11.5. The molecule has 0 atom stereocenters. The van der Waals surface area contributed by atoms with Crippen LogP contribution in [0.1, 0.15) is 16.1 Å². The summed E-state index contributed by atoms with van der Waals surface area (Å²) in [4.78, 5) is 15.4. The smallest absolute Gasteiger partial charge is 0.337 e. The zero-order valence-corrected chi connectivity index (χ0v) is 11.5. The van der Waals surface area contributed by atoms with E-state index < -0.39 is 5.97 Å². The third-order valence-corrected chi connectivity index (χ3v) is 2.97. The minimum Gasteiger partial charge on any atom is -0.497 e. The Bertz CT molecular complexity index is 652. The van der Waals surface area contributed by atoms with Crippen molar-refractivity contribution in [3.63, 3.8) is 0 Å². The number of ether oxygens (including phenoxy) is 2. The second kappa shape index (κ2) is 5.61. The molecule has 0 saturated heterocycles. The van der Waals surface area contributed by atoms with Gasteiger partial charge in [0.15, 0.2) is 0 Å². The average Bonchev–Trinajstić information content (AvgIpc) is 2.46. The molecule has 104 valence electrons. The maximum Gasteiger partial charge on any atom is 0.337 e. The highest BCUT2D eigenvalue weighted by Gasteiger charge is 2.16. The number of rotatable bonds is 4. The summed E-state index contributed by atoms with van der Waals surface area (Å²) >= 11 is 0. The van der Waals surface area contributed by atoms with Gasteiger partial charge < -0.3 is 14.6 Å². The van der Waals surface area contributed by atoms with E-state index in [9.17, 15) is 9.90 Å². The van der Waals surface area contributed by atoms with Gasteiger partial charge >= 0.3 is 5.97 Å². The molecule has 0 amide bonds. The number of hydrogen-bond donors (Lipinski definition) is 1. The van der Waals surface area contributed by atoms with E-state index in [-0.39, 0.29) is 5.56 Å². The van der Waals surface area contributed by atoms with Gasteiger partial charge in [-0.3, -0.25) is 4.98 Å². The van der Waals surface area contributed by atoms with Crippen molar-refractivity contribution in [3.05, 3.63) is 41.7 Å². The van der Waals surface area contributed by atoms with Crippen molar-refractivity contribution in [1.29, 1.82) is 0 Å². The van der Waals surface area contributed by atoms with Crippen molar-refractivity contribution < 1.29 is 19.4 Å². The number of carboxylic acid groups (broad SMARTS) is 1. The molecule has 0 radical (unpaired) electrons. The molecule has 1 heterocycles. The van der Waals surface area contributed by atoms with Gasteiger partial charge in [0.1, 0.15) is 11.5 Å². The Morgan fingerprint density at radius 3 is 2.50 bits per heavy atom. The standard InChI is InChI=1S/C15H15NO4/c1-9-6-12(13(8-16-9)15(17)18)11-5-4-10(19-2)7-14(11)20-3/h4-8H,1-3H3,(H,17,18). The summed E-state index contributed by atoms with van der Waals surface area (Å²) < 4.78 is 10.5. The van der Waals surface area contributed by atoms with E-state index in [0.29, 0.717) is 22.6 Å². The molecule has 20 heavy (non-hydrogen) atoms. The molecular weight excluding hydrogens is 258 g/mol. The molecule has 0 bridgehead atoms. The first kappa shape index (κ1) is 13.9. The fourth-order valence-electron chi connectivity index (χ4n) is 1.97. The minimum atomic E-state index is -1.02. The molecule has 5 nitrogen and oxygen atoms in total. The van der Waals surface area contributed by atoms with E-state index in [1.165, 1.54) is 13.3 Å². The lowest BCUT2D eigenvalue weighted by Gasteiger charge is -2.13. The van der Waals surface area contributed by atoms with Crippen LogP contribution < -0.4 is 9.47 Å². The maximum atomic E-state index is 11.3. The molecule has 2 rings (SSSR count). The fraction of sp³-hybridized carbons (Fsp3) is 0.200. The first-order chi connectivity index (χ1) is 9.56. The molecule has 1 aromatic heterocycles. The third-order valence-electron chi connectivity index (χ3n) is 2.97. The van der Waals surface area contributed by atoms with Gasteiger partial charge in [-0.2, -0.15) is 0 Å². The number of methoxy groups -OCH3 is 2. The Labute approximate surface area is 116 Å². The van der Waals surface area contributed by atoms with E-state index >= 15 is 0 Å². The number of nitrogens with zero attached hydrogens (tertiary/aromatic N) is 1. The number of aryl methyl sites for hydroxylation is 1. The van der Waals surface area contributed by atoms with Crippen LogP contribution in [-0.2, 0) is 0 Å². The first-order valence-electron chi connectivity index (χ1n) is 5.99. The lowest BCUT2D eigenvalue weighted by molar-refractivity contribution is 0.0697. The predicted molar refractivity (Wildman–Crippen MR) is 74.5 cm³/mol. The second-order valence-electron chi connectivity index (χ2n) is 4.24. The molecule has 0 aliphatic carbocycles. The molecule has 0 unspecified atom stereocenters. The molecule has 5 heteroatoms. The van der Waals surface area contributed by atoms with Gasteiger partial charge in [0, 0.05) is 29.1 Å². The lowest BCUT2D eigenvalue weighted by Crippen LogP contribution is -2.02. The summed E-state index contributed by atoms with van der Waals surface area (Å²) in [6.45, 7) is 1.81. The van der Waals surface area contributed by atoms with E-state index in [0.717, 1.165) is 5.69 Å². The monoisotopic (exact) mass is 273 g/mol. The number of pyridine rings is 1. The summed E-state index contributed by atoms with van der Waals surface area (Å²) in [5, 5.41) is 9.28. The summed E-state index contributed by atoms with van der Waals surface area (Å²) in [6.07, 6.45) is 1.36. The van der Waals surface area contributed by atoms with Gasteiger partial charge in [0.05, 0.1) is 19.8 Å². The number of aromatic nitrogens is 1. The number of benzene rings is 1. The number of aromatic carboxylic acids is 1. The van der Waals surface area contributed by atoms with Crippen molar-refractivity contribution in [3.8, 4) is 22.6 Å². The van der Waals surface area contributed by atoms with Crippen LogP contribution in [-0.4, -0.2) is 30.3 Å². The quantitative estimate of drug-likeness (QED) is 0.927. The van der Waals surface area contributed by atoms with Crippen LogP contribution in [0.4, 0.5) is 0 Å². The van der Waals surface area contributed by atoms with Crippen molar-refractivity contribution in [2.75, 3.05) is 14.2 Å². The normalized spacial score (nSPS) is 10.2. The number of carbonyl (C=O) groups is 1. The number of hydrogen-bond acceptors (Lipinski definition) is 4. The van der Waals surface area contributed by atoms with E-state index in [1.807, 2.05) is 6.92 Å². The molecule has 0 aliphatic rings. The van der Waals surface area contributed by atoms with E-state index in [1.54, 1.807) is 31.4 Å². The van der Waals surface area contributed by atoms with Gasteiger partial charge in [0.25, 0.3) is 0 Å². The summed E-state index contributed by atoms with van der Waals surface area (Å²) in [5.41, 5.74) is 2.14. The Balaban J connectivity index is 2.67. The molecule has 2 aromatic rings. The van der Waals surface area contributed by atoms with E-state index in [4.69, 9.17) is 9.47 Å². The fourth-order valence-corrected chi connectivity index (χ4v) is 1.97. The van der Waals surface area contributed by atoms with Gasteiger partial charge in [-0.25, -0.2) is 4.79 Å². The van der Waals surface area contributed by atoms with Crippen molar-refractivity contribution in [1.82, 2.24) is 4.98 Å². The van der Waals surface area contributed by atoms with Crippen LogP contribution in [0.15, 0.2) is 30.5 Å². The zero-order chi connectivity index (χ0) is 14.7. The molecule has 1 N–H and O–H groups in total. The Morgan fingerprint density at radius 1 is 1.15 bits per heavy atom. The van der Waals surface area contributed by atoms with Crippen molar-refractivity contribution >= 4 is 5.97 Å². The highest BCUT2D eigenvalue weighted by Crippen LogP contribution is 2.35. The topological polar surface area (TPSA) is 68.7 Å². The Hall–Kier alpha value is -2.56. The molecule has 0 fully saturated rings. The van der Waals surface area contributed by atoms with Crippen molar-refractivity contribution in [2.45, 2.75) is 6.92 Å². The average molecular weight is 273 g/mol. The summed E-state index contributed by atoms with van der Waals surface area (Å²) in [6, 6.07) is 6.99. The molecule has 0 spiro atoms. The molecule has 0 saturated carbocycles. The predicted octanol–water partition coefficient (Wildman–Crippen LogP) is 2.77. The molecule has 1 aromatic carbocycles. The van der Waals surface area contributed by atoms with Gasteiger partial charge in [0.2, 0.25) is 0 Å². The minimum absolute atomic E-state index is 0.138.